The molecule has 2 heterocycles. The molecule has 1 unspecified atom stereocenters. The van der Waals surface area contributed by atoms with Gasteiger partial charge in [0.2, 0.25) is 11.9 Å². The molecule has 30 heavy (non-hydrogen) atoms. The van der Waals surface area contributed by atoms with E-state index in [4.69, 9.17) is 4.74 Å². The van der Waals surface area contributed by atoms with Gasteiger partial charge in [-0.1, -0.05) is 37.3 Å². The maximum Gasteiger partial charge on any atom is 0.253 e. The van der Waals surface area contributed by atoms with E-state index < -0.39 is 6.04 Å². The number of amides is 2. The van der Waals surface area contributed by atoms with Crippen LogP contribution in [0.25, 0.3) is 11.0 Å². The van der Waals surface area contributed by atoms with Crippen LogP contribution in [0.15, 0.2) is 48.5 Å². The number of aryl methyl sites for hydroxylation is 1. The number of imidazole rings is 1. The first-order valence-corrected chi connectivity index (χ1v) is 10.3. The van der Waals surface area contributed by atoms with E-state index in [-0.39, 0.29) is 18.2 Å². The molecule has 1 atom stereocenters. The van der Waals surface area contributed by atoms with Gasteiger partial charge in [0.15, 0.2) is 0 Å². The van der Waals surface area contributed by atoms with E-state index in [1.54, 1.807) is 12.0 Å². The lowest BCUT2D eigenvalue weighted by atomic mass is 10.1. The van der Waals surface area contributed by atoms with E-state index >= 15 is 0 Å². The van der Waals surface area contributed by atoms with Gasteiger partial charge in [0, 0.05) is 25.9 Å². The highest BCUT2D eigenvalue weighted by Crippen LogP contribution is 2.36. The third-order valence-corrected chi connectivity index (χ3v) is 5.46. The van der Waals surface area contributed by atoms with Crippen molar-refractivity contribution in [1.82, 2.24) is 9.55 Å². The number of rotatable bonds is 8. The van der Waals surface area contributed by atoms with Crippen molar-refractivity contribution in [1.29, 1.82) is 0 Å². The number of fused-ring (bicyclic) bond motifs is 3. The Bertz CT molecular complexity index is 1080. The summed E-state index contributed by atoms with van der Waals surface area (Å²) in [5.74, 6) is 0.319. The molecule has 1 aromatic heterocycles. The highest BCUT2D eigenvalue weighted by atomic mass is 16.5. The molecule has 2 aromatic carbocycles. The number of benzene rings is 2. The highest BCUT2D eigenvalue weighted by molar-refractivity contribution is 6.05. The van der Waals surface area contributed by atoms with Crippen LogP contribution < -0.4 is 10.2 Å². The molecule has 0 saturated carbocycles. The van der Waals surface area contributed by atoms with Gasteiger partial charge in [-0.25, -0.2) is 4.98 Å². The standard InChI is InChI=1S/C23H26N4O3/c1-3-16-9-4-5-10-17(16)24-21(28)15-20-22(29)26(13-8-14-30-2)23-25-18-11-6-7-12-19(18)27(20)23/h4-7,9-12,20H,3,8,13-15H2,1-2H3,(H,24,28). The number of carbonyl (C=O) groups excluding carboxylic acids is 2. The van der Waals surface area contributed by atoms with Crippen molar-refractivity contribution in [3.8, 4) is 0 Å². The molecular weight excluding hydrogens is 380 g/mol. The second-order valence-electron chi connectivity index (χ2n) is 7.39. The summed E-state index contributed by atoms with van der Waals surface area (Å²) in [7, 11) is 1.64. The van der Waals surface area contributed by atoms with Crippen LogP contribution in [0.1, 0.15) is 31.4 Å². The van der Waals surface area contributed by atoms with Crippen molar-refractivity contribution in [2.24, 2.45) is 0 Å². The van der Waals surface area contributed by atoms with E-state index in [1.165, 1.54) is 0 Å². The van der Waals surface area contributed by atoms with Gasteiger partial charge in [-0.3, -0.25) is 19.1 Å². The van der Waals surface area contributed by atoms with Crippen LogP contribution in [-0.4, -0.2) is 41.6 Å². The molecule has 7 nitrogen and oxygen atoms in total. The molecule has 0 bridgehead atoms. The molecule has 4 rings (SSSR count). The van der Waals surface area contributed by atoms with Crippen molar-refractivity contribution in [3.63, 3.8) is 0 Å². The zero-order valence-corrected chi connectivity index (χ0v) is 17.3. The van der Waals surface area contributed by atoms with Crippen molar-refractivity contribution >= 4 is 34.5 Å². The predicted octanol–water partition coefficient (Wildman–Crippen LogP) is 3.55. The van der Waals surface area contributed by atoms with Gasteiger partial charge in [-0.2, -0.15) is 0 Å². The fraction of sp³-hybridized carbons (Fsp3) is 0.348. The molecule has 0 radical (unpaired) electrons. The van der Waals surface area contributed by atoms with Crippen LogP contribution in [0.2, 0.25) is 0 Å². The van der Waals surface area contributed by atoms with Gasteiger partial charge in [0.05, 0.1) is 17.5 Å². The number of hydrogen-bond acceptors (Lipinski definition) is 4. The Kier molecular flexibility index (Phi) is 5.81. The molecule has 7 heteroatoms. The highest BCUT2D eigenvalue weighted by Gasteiger charge is 2.40. The Labute approximate surface area is 175 Å². The number of methoxy groups -OCH3 is 1. The number of para-hydroxylation sites is 3. The zero-order chi connectivity index (χ0) is 21.1. The molecule has 1 N–H and O–H groups in total. The number of ether oxygens (including phenoxy) is 1. The Morgan fingerprint density at radius 1 is 1.17 bits per heavy atom. The van der Waals surface area contributed by atoms with E-state index in [9.17, 15) is 9.59 Å². The molecule has 2 amide bonds. The molecule has 0 aliphatic carbocycles. The molecule has 0 saturated heterocycles. The zero-order valence-electron chi connectivity index (χ0n) is 17.3. The van der Waals surface area contributed by atoms with Gasteiger partial charge in [-0.15, -0.1) is 0 Å². The second kappa shape index (κ2) is 8.67. The maximum atomic E-state index is 13.2. The van der Waals surface area contributed by atoms with Crippen LogP contribution in [0.3, 0.4) is 0 Å². The summed E-state index contributed by atoms with van der Waals surface area (Å²) in [5.41, 5.74) is 3.54. The number of nitrogens with one attached hydrogen (secondary N) is 1. The minimum absolute atomic E-state index is 0.0605. The van der Waals surface area contributed by atoms with Crippen LogP contribution in [-0.2, 0) is 20.7 Å². The van der Waals surface area contributed by atoms with E-state index in [2.05, 4.69) is 10.3 Å². The van der Waals surface area contributed by atoms with Crippen LogP contribution >= 0.6 is 0 Å². The third kappa shape index (κ3) is 3.68. The second-order valence-corrected chi connectivity index (χ2v) is 7.39. The fourth-order valence-corrected chi connectivity index (χ4v) is 4.00. The number of aromatic nitrogens is 2. The average molecular weight is 406 g/mol. The van der Waals surface area contributed by atoms with E-state index in [0.717, 1.165) is 28.7 Å². The Morgan fingerprint density at radius 2 is 1.93 bits per heavy atom. The van der Waals surface area contributed by atoms with E-state index in [1.807, 2.05) is 60.0 Å². The summed E-state index contributed by atoms with van der Waals surface area (Å²) in [5, 5.41) is 2.98. The average Bonchev–Trinajstić information content (AvgIpc) is 3.24. The Balaban J connectivity index is 1.61. The first-order valence-electron chi connectivity index (χ1n) is 10.3. The molecule has 1 aliphatic rings. The Morgan fingerprint density at radius 3 is 2.73 bits per heavy atom. The summed E-state index contributed by atoms with van der Waals surface area (Å²) in [6, 6.07) is 14.8. The molecule has 3 aromatic rings. The van der Waals surface area contributed by atoms with Gasteiger partial charge < -0.3 is 10.1 Å². The first-order chi connectivity index (χ1) is 14.6. The number of anilines is 2. The van der Waals surface area contributed by atoms with Crippen molar-refractivity contribution in [3.05, 3.63) is 54.1 Å². The molecule has 1 aliphatic heterocycles. The predicted molar refractivity (Wildman–Crippen MR) is 117 cm³/mol. The molecular formula is C23H26N4O3. The fourth-order valence-electron chi connectivity index (χ4n) is 4.00. The van der Waals surface area contributed by atoms with Crippen molar-refractivity contribution < 1.29 is 14.3 Å². The molecule has 156 valence electrons. The van der Waals surface area contributed by atoms with Crippen LogP contribution in [0.5, 0.6) is 0 Å². The van der Waals surface area contributed by atoms with Gasteiger partial charge >= 0.3 is 0 Å². The van der Waals surface area contributed by atoms with Gasteiger partial charge in [0.1, 0.15) is 6.04 Å². The summed E-state index contributed by atoms with van der Waals surface area (Å²) in [6.45, 7) is 3.11. The summed E-state index contributed by atoms with van der Waals surface area (Å²) in [4.78, 5) is 32.4. The van der Waals surface area contributed by atoms with Crippen LogP contribution in [0, 0.1) is 0 Å². The SMILES string of the molecule is CCc1ccccc1NC(=O)CC1C(=O)N(CCCOC)c2nc3ccccc3n21. The van der Waals surface area contributed by atoms with Crippen molar-refractivity contribution in [2.75, 3.05) is 30.5 Å². The normalized spacial score (nSPS) is 15.6. The summed E-state index contributed by atoms with van der Waals surface area (Å²) >= 11 is 0. The lowest BCUT2D eigenvalue weighted by Gasteiger charge is -2.16. The monoisotopic (exact) mass is 406 g/mol. The number of carbonyl (C=O) groups is 2. The Hall–Kier alpha value is -3.19. The lowest BCUT2D eigenvalue weighted by Crippen LogP contribution is -2.32. The quantitative estimate of drug-likeness (QED) is 0.581. The molecule has 0 fully saturated rings. The smallest absolute Gasteiger partial charge is 0.253 e. The third-order valence-electron chi connectivity index (χ3n) is 5.46. The van der Waals surface area contributed by atoms with E-state index in [0.29, 0.717) is 25.5 Å². The number of hydrogen-bond donors (Lipinski definition) is 1. The minimum atomic E-state index is -0.608. The summed E-state index contributed by atoms with van der Waals surface area (Å²) in [6.07, 6.45) is 1.58. The topological polar surface area (TPSA) is 76.5 Å². The van der Waals surface area contributed by atoms with Crippen LogP contribution in [0.4, 0.5) is 11.6 Å². The largest absolute Gasteiger partial charge is 0.385 e. The maximum absolute atomic E-state index is 13.2. The molecule has 0 spiro atoms. The lowest BCUT2D eigenvalue weighted by molar-refractivity contribution is -0.124. The first kappa shape index (κ1) is 20.1. The minimum Gasteiger partial charge on any atom is -0.385 e. The van der Waals surface area contributed by atoms with Gasteiger partial charge in [-0.05, 0) is 36.6 Å². The number of nitrogens with zero attached hydrogens (tertiary/aromatic N) is 3. The summed E-state index contributed by atoms with van der Waals surface area (Å²) < 4.78 is 7.03. The van der Waals surface area contributed by atoms with Gasteiger partial charge in [0.25, 0.3) is 5.91 Å². The van der Waals surface area contributed by atoms with Crippen molar-refractivity contribution in [2.45, 2.75) is 32.2 Å².